The summed E-state index contributed by atoms with van der Waals surface area (Å²) < 4.78 is 14.9. The first kappa shape index (κ1) is 19.6. The fourth-order valence-corrected chi connectivity index (χ4v) is 3.75. The van der Waals surface area contributed by atoms with E-state index in [-0.39, 0.29) is 11.8 Å². The molecule has 4 heterocycles. The average molecular weight is 464 g/mol. The summed E-state index contributed by atoms with van der Waals surface area (Å²) in [6, 6.07) is 8.70. The van der Waals surface area contributed by atoms with E-state index in [1.807, 2.05) is 12.1 Å². The number of carbonyl (C=O) groups is 1. The molecule has 0 radical (unpaired) electrons. The van der Waals surface area contributed by atoms with Crippen LogP contribution < -0.4 is 5.32 Å². The number of tetrazole rings is 1. The number of halogens is 2. The third-order valence-electron chi connectivity index (χ3n) is 5.50. The topological polar surface area (TPSA) is 119 Å². The lowest BCUT2D eigenvalue weighted by Gasteiger charge is -2.09. The number of hydrogen-bond acceptors (Lipinski definition) is 6. The Morgan fingerprint density at radius 1 is 1.21 bits per heavy atom. The van der Waals surface area contributed by atoms with Gasteiger partial charge in [-0.3, -0.25) is 9.89 Å². The minimum absolute atomic E-state index is 0.298. The van der Waals surface area contributed by atoms with Crippen LogP contribution in [-0.2, 0) is 0 Å². The molecule has 2 N–H and O–H groups in total. The number of rotatable bonds is 5. The number of nitrogens with one attached hydrogen (secondary N) is 2. The minimum atomic E-state index is -0.914. The van der Waals surface area contributed by atoms with Gasteiger partial charge in [-0.15, -0.1) is 15.0 Å². The molecular formula is C21H15ClFN9O. The Morgan fingerprint density at radius 3 is 2.88 bits per heavy atom. The number of pyridine rings is 1. The maximum absolute atomic E-state index is 13.3. The van der Waals surface area contributed by atoms with Gasteiger partial charge in [0, 0.05) is 18.0 Å². The number of hydrogen-bond donors (Lipinski definition) is 2. The number of aromatic nitrogens is 8. The van der Waals surface area contributed by atoms with Gasteiger partial charge in [0.2, 0.25) is 0 Å². The normalized spacial score (nSPS) is 17.4. The van der Waals surface area contributed by atoms with Crippen LogP contribution in [0.3, 0.4) is 0 Å². The van der Waals surface area contributed by atoms with E-state index in [0.29, 0.717) is 39.7 Å². The van der Waals surface area contributed by atoms with Crippen molar-refractivity contribution < 1.29 is 9.18 Å². The number of anilines is 1. The van der Waals surface area contributed by atoms with E-state index in [2.05, 4.69) is 36.0 Å². The molecule has 12 heteroatoms. The maximum atomic E-state index is 13.3. The largest absolute Gasteiger partial charge is 0.320 e. The molecule has 4 aromatic heterocycles. The lowest BCUT2D eigenvalue weighted by atomic mass is 10.1. The van der Waals surface area contributed by atoms with E-state index >= 15 is 0 Å². The number of nitrogens with zero attached hydrogens (tertiary/aromatic N) is 7. The zero-order chi connectivity index (χ0) is 22.5. The predicted molar refractivity (Wildman–Crippen MR) is 117 cm³/mol. The van der Waals surface area contributed by atoms with E-state index in [0.717, 1.165) is 11.1 Å². The number of H-pyrrole nitrogens is 1. The molecular weight excluding hydrogens is 449 g/mol. The van der Waals surface area contributed by atoms with Crippen LogP contribution in [0, 0.1) is 0 Å². The van der Waals surface area contributed by atoms with Crippen LogP contribution in [-0.4, -0.2) is 52.1 Å². The molecule has 1 saturated carbocycles. The van der Waals surface area contributed by atoms with Crippen molar-refractivity contribution in [3.63, 3.8) is 0 Å². The van der Waals surface area contributed by atoms with Gasteiger partial charge in [-0.25, -0.2) is 8.91 Å². The number of benzene rings is 1. The second-order valence-corrected chi connectivity index (χ2v) is 8.11. The molecule has 1 fully saturated rings. The molecule has 1 aliphatic carbocycles. The summed E-state index contributed by atoms with van der Waals surface area (Å²) in [5.41, 5.74) is 3.71. The number of alkyl halides is 1. The Morgan fingerprint density at radius 2 is 2.09 bits per heavy atom. The second-order valence-electron chi connectivity index (χ2n) is 7.70. The Labute approximate surface area is 190 Å². The highest BCUT2D eigenvalue weighted by atomic mass is 35.5. The van der Waals surface area contributed by atoms with E-state index in [9.17, 15) is 9.18 Å². The first-order chi connectivity index (χ1) is 16.1. The highest BCUT2D eigenvalue weighted by Gasteiger charge is 2.42. The molecule has 0 spiro atoms. The van der Waals surface area contributed by atoms with Crippen molar-refractivity contribution in [1.82, 2.24) is 40.0 Å². The van der Waals surface area contributed by atoms with Crippen molar-refractivity contribution in [2.45, 2.75) is 18.5 Å². The number of carbonyl (C=O) groups excluding carboxylic acids is 1. The lowest BCUT2D eigenvalue weighted by Crippen LogP contribution is -2.12. The standard InChI is InChI=1S/C21H15ClFN9O/c22-16-2-1-13(32-29-20(28-30-32)14-7-17(14)23)6-18(16)27-21(33)15-10-26-31-4-3-11(5-19(15)31)12-8-24-25-9-12/h1-6,8-10,14,17H,7H2,(H,24,25)(H,27,33)/t14-,17-/m0/s1. The van der Waals surface area contributed by atoms with E-state index in [1.54, 1.807) is 41.3 Å². The van der Waals surface area contributed by atoms with Crippen LogP contribution in [0.5, 0.6) is 0 Å². The Balaban J connectivity index is 1.29. The Kier molecular flexibility index (Phi) is 4.44. The molecule has 1 amide bonds. The molecule has 164 valence electrons. The fourth-order valence-electron chi connectivity index (χ4n) is 3.58. The van der Waals surface area contributed by atoms with E-state index in [4.69, 9.17) is 11.6 Å². The molecule has 0 unspecified atom stereocenters. The third-order valence-corrected chi connectivity index (χ3v) is 5.83. The van der Waals surface area contributed by atoms with E-state index in [1.165, 1.54) is 11.0 Å². The highest BCUT2D eigenvalue weighted by Crippen LogP contribution is 2.41. The van der Waals surface area contributed by atoms with Crippen molar-refractivity contribution in [2.24, 2.45) is 0 Å². The molecule has 0 aliphatic heterocycles. The molecule has 1 aliphatic rings. The minimum Gasteiger partial charge on any atom is -0.320 e. The lowest BCUT2D eigenvalue weighted by molar-refractivity contribution is 0.102. The molecule has 10 nitrogen and oxygen atoms in total. The highest BCUT2D eigenvalue weighted by molar-refractivity contribution is 6.34. The molecule has 0 bridgehead atoms. The summed E-state index contributed by atoms with van der Waals surface area (Å²) in [6.07, 6.45) is 6.24. The SMILES string of the molecule is O=C(Nc1cc(-n2nnc([C@H]3C[C@@H]3F)n2)ccc1Cl)c1cnn2ccc(-c3cn[nH]c3)cc12. The van der Waals surface area contributed by atoms with Gasteiger partial charge in [0.1, 0.15) is 6.17 Å². The first-order valence-corrected chi connectivity index (χ1v) is 10.5. The van der Waals surface area contributed by atoms with Crippen LogP contribution in [0.4, 0.5) is 10.1 Å². The number of aromatic amines is 1. The van der Waals surface area contributed by atoms with Crippen LogP contribution >= 0.6 is 11.6 Å². The molecule has 5 aromatic rings. The van der Waals surface area contributed by atoms with Gasteiger partial charge in [0.15, 0.2) is 5.82 Å². The average Bonchev–Trinajstić information content (AvgIpc) is 3.29. The van der Waals surface area contributed by atoms with Crippen molar-refractivity contribution in [3.05, 3.63) is 71.5 Å². The summed E-state index contributed by atoms with van der Waals surface area (Å²) in [4.78, 5) is 14.4. The molecule has 33 heavy (non-hydrogen) atoms. The van der Waals surface area contributed by atoms with Crippen LogP contribution in [0.1, 0.15) is 28.5 Å². The molecule has 0 saturated heterocycles. The van der Waals surface area contributed by atoms with Gasteiger partial charge in [-0.05, 0) is 47.5 Å². The first-order valence-electron chi connectivity index (χ1n) is 10.1. The zero-order valence-electron chi connectivity index (χ0n) is 16.9. The van der Waals surface area contributed by atoms with Gasteiger partial charge < -0.3 is 5.32 Å². The molecule has 2 atom stereocenters. The quantitative estimate of drug-likeness (QED) is 0.412. The second kappa shape index (κ2) is 7.48. The van der Waals surface area contributed by atoms with Gasteiger partial charge in [-0.1, -0.05) is 11.6 Å². The molecule has 6 rings (SSSR count). The Bertz CT molecular complexity index is 1490. The van der Waals surface area contributed by atoms with Gasteiger partial charge in [-0.2, -0.15) is 10.2 Å². The number of fused-ring (bicyclic) bond motifs is 1. The zero-order valence-corrected chi connectivity index (χ0v) is 17.6. The third kappa shape index (κ3) is 3.52. The van der Waals surface area contributed by atoms with Crippen LogP contribution in [0.2, 0.25) is 5.02 Å². The molecule has 1 aromatic carbocycles. The fraction of sp³-hybridized carbons (Fsp3) is 0.143. The van der Waals surface area contributed by atoms with E-state index < -0.39 is 6.17 Å². The maximum Gasteiger partial charge on any atom is 0.259 e. The van der Waals surface area contributed by atoms with Crippen molar-refractivity contribution in [2.75, 3.05) is 5.32 Å². The van der Waals surface area contributed by atoms with Crippen molar-refractivity contribution in [3.8, 4) is 16.8 Å². The van der Waals surface area contributed by atoms with Gasteiger partial charge >= 0.3 is 0 Å². The number of amides is 1. The monoisotopic (exact) mass is 463 g/mol. The summed E-state index contributed by atoms with van der Waals surface area (Å²) >= 11 is 6.32. The summed E-state index contributed by atoms with van der Waals surface area (Å²) in [7, 11) is 0. The summed E-state index contributed by atoms with van der Waals surface area (Å²) in [6.45, 7) is 0. The van der Waals surface area contributed by atoms with Crippen LogP contribution in [0.15, 0.2) is 55.1 Å². The smallest absolute Gasteiger partial charge is 0.259 e. The van der Waals surface area contributed by atoms with Gasteiger partial charge in [0.05, 0.1) is 45.8 Å². The van der Waals surface area contributed by atoms with Crippen molar-refractivity contribution in [1.29, 1.82) is 0 Å². The van der Waals surface area contributed by atoms with Crippen LogP contribution in [0.25, 0.3) is 22.3 Å². The summed E-state index contributed by atoms with van der Waals surface area (Å²) in [5, 5.41) is 26.3. The van der Waals surface area contributed by atoms with Crippen molar-refractivity contribution >= 4 is 28.7 Å². The van der Waals surface area contributed by atoms with Gasteiger partial charge in [0.25, 0.3) is 5.91 Å². The predicted octanol–water partition coefficient (Wildman–Crippen LogP) is 3.43. The Hall–Kier alpha value is -4.12. The summed E-state index contributed by atoms with van der Waals surface area (Å²) in [5.74, 6) is -0.311.